The van der Waals surface area contributed by atoms with E-state index in [4.69, 9.17) is 10.2 Å². The van der Waals surface area contributed by atoms with E-state index in [1.807, 2.05) is 0 Å². The van der Waals surface area contributed by atoms with E-state index in [2.05, 4.69) is 0 Å². The van der Waals surface area contributed by atoms with Crippen LogP contribution in [-0.2, 0) is 9.59 Å². The van der Waals surface area contributed by atoms with Crippen molar-refractivity contribution in [3.63, 3.8) is 0 Å². The highest BCUT2D eigenvalue weighted by atomic mass is 16.4. The maximum atomic E-state index is 10.4. The molecule has 2 N–H and O–H groups in total. The molecule has 0 aliphatic heterocycles. The number of aliphatic carboxylic acids is 2. The molecule has 0 heterocycles. The van der Waals surface area contributed by atoms with Crippen molar-refractivity contribution in [1.82, 2.24) is 0 Å². The zero-order chi connectivity index (χ0) is 9.84. The molecule has 0 aromatic carbocycles. The van der Waals surface area contributed by atoms with Gasteiger partial charge in [0.1, 0.15) is 0 Å². The first-order chi connectivity index (χ1) is 6.09. The van der Waals surface area contributed by atoms with Gasteiger partial charge in [-0.25, -0.2) is 0 Å². The average molecular weight is 186 g/mol. The molecule has 0 radical (unpaired) electrons. The summed E-state index contributed by atoms with van der Waals surface area (Å²) in [5, 5.41) is 17.2. The molecule has 2 unspecified atom stereocenters. The second-order valence-corrected chi connectivity index (χ2v) is 3.65. The third kappa shape index (κ3) is 3.05. The maximum Gasteiger partial charge on any atom is 0.303 e. The van der Waals surface area contributed by atoms with Gasteiger partial charge in [-0.3, -0.25) is 9.59 Å². The lowest BCUT2D eigenvalue weighted by Crippen LogP contribution is -2.16. The minimum atomic E-state index is -0.817. The first kappa shape index (κ1) is 10.0. The zero-order valence-electron chi connectivity index (χ0n) is 7.40. The van der Waals surface area contributed by atoms with Crippen LogP contribution in [-0.4, -0.2) is 22.2 Å². The van der Waals surface area contributed by atoms with E-state index in [9.17, 15) is 9.59 Å². The molecule has 4 nitrogen and oxygen atoms in total. The van der Waals surface area contributed by atoms with Crippen LogP contribution < -0.4 is 0 Å². The molecule has 1 rings (SSSR count). The van der Waals surface area contributed by atoms with Gasteiger partial charge in [0.25, 0.3) is 0 Å². The van der Waals surface area contributed by atoms with Crippen molar-refractivity contribution in [1.29, 1.82) is 0 Å². The SMILES string of the molecule is O=C(O)CC1CCCC1CC(=O)O. The Morgan fingerprint density at radius 2 is 1.38 bits per heavy atom. The fraction of sp³-hybridized carbons (Fsp3) is 0.778. The van der Waals surface area contributed by atoms with Crippen LogP contribution in [0.25, 0.3) is 0 Å². The van der Waals surface area contributed by atoms with Gasteiger partial charge in [0, 0.05) is 12.8 Å². The molecule has 1 fully saturated rings. The van der Waals surface area contributed by atoms with Crippen molar-refractivity contribution in [3.05, 3.63) is 0 Å². The van der Waals surface area contributed by atoms with Crippen molar-refractivity contribution in [2.24, 2.45) is 11.8 Å². The van der Waals surface area contributed by atoms with Crippen LogP contribution in [0.15, 0.2) is 0 Å². The van der Waals surface area contributed by atoms with E-state index in [1.54, 1.807) is 0 Å². The predicted octanol–water partition coefficient (Wildman–Crippen LogP) is 1.35. The number of carboxylic acids is 2. The predicted molar refractivity (Wildman–Crippen MR) is 45.3 cm³/mol. The van der Waals surface area contributed by atoms with E-state index >= 15 is 0 Å². The molecule has 74 valence electrons. The van der Waals surface area contributed by atoms with Gasteiger partial charge in [0.15, 0.2) is 0 Å². The van der Waals surface area contributed by atoms with Crippen molar-refractivity contribution >= 4 is 11.9 Å². The summed E-state index contributed by atoms with van der Waals surface area (Å²) in [5.74, 6) is -1.48. The van der Waals surface area contributed by atoms with E-state index in [1.165, 1.54) is 0 Å². The fourth-order valence-electron chi connectivity index (χ4n) is 2.10. The second-order valence-electron chi connectivity index (χ2n) is 3.65. The molecule has 0 amide bonds. The fourth-order valence-corrected chi connectivity index (χ4v) is 2.10. The summed E-state index contributed by atoms with van der Waals surface area (Å²) in [7, 11) is 0. The molecule has 0 bridgehead atoms. The lowest BCUT2D eigenvalue weighted by atomic mass is 9.90. The molecular formula is C9H14O4. The largest absolute Gasteiger partial charge is 0.481 e. The van der Waals surface area contributed by atoms with E-state index < -0.39 is 11.9 Å². The Balaban J connectivity index is 2.43. The molecule has 2 atom stereocenters. The maximum absolute atomic E-state index is 10.4. The minimum Gasteiger partial charge on any atom is -0.481 e. The molecular weight excluding hydrogens is 172 g/mol. The number of hydrogen-bond donors (Lipinski definition) is 2. The van der Waals surface area contributed by atoms with Gasteiger partial charge in [-0.2, -0.15) is 0 Å². The van der Waals surface area contributed by atoms with Crippen molar-refractivity contribution in [2.75, 3.05) is 0 Å². The first-order valence-electron chi connectivity index (χ1n) is 4.53. The Bertz CT molecular complexity index is 190. The van der Waals surface area contributed by atoms with Gasteiger partial charge in [-0.1, -0.05) is 6.42 Å². The number of hydrogen-bond acceptors (Lipinski definition) is 2. The van der Waals surface area contributed by atoms with E-state index in [0.29, 0.717) is 0 Å². The smallest absolute Gasteiger partial charge is 0.303 e. The van der Waals surface area contributed by atoms with Gasteiger partial charge < -0.3 is 10.2 Å². The van der Waals surface area contributed by atoms with Gasteiger partial charge >= 0.3 is 11.9 Å². The summed E-state index contributed by atoms with van der Waals surface area (Å²) in [6.45, 7) is 0. The molecule has 1 aliphatic carbocycles. The highest BCUT2D eigenvalue weighted by Gasteiger charge is 2.30. The molecule has 0 spiro atoms. The van der Waals surface area contributed by atoms with Gasteiger partial charge in [0.2, 0.25) is 0 Å². The highest BCUT2D eigenvalue weighted by molar-refractivity contribution is 5.68. The normalized spacial score (nSPS) is 27.4. The first-order valence-corrected chi connectivity index (χ1v) is 4.53. The summed E-state index contributed by atoms with van der Waals surface area (Å²) in [4.78, 5) is 20.9. The summed E-state index contributed by atoms with van der Waals surface area (Å²) in [5.41, 5.74) is 0. The summed E-state index contributed by atoms with van der Waals surface area (Å²) < 4.78 is 0. The molecule has 13 heavy (non-hydrogen) atoms. The Kier molecular flexibility index (Phi) is 3.28. The third-order valence-electron chi connectivity index (χ3n) is 2.69. The number of carbonyl (C=O) groups is 2. The van der Waals surface area contributed by atoms with E-state index in [0.717, 1.165) is 19.3 Å². The van der Waals surface area contributed by atoms with Crippen molar-refractivity contribution < 1.29 is 19.8 Å². The van der Waals surface area contributed by atoms with Crippen LogP contribution in [0.3, 0.4) is 0 Å². The Morgan fingerprint density at radius 3 is 1.69 bits per heavy atom. The minimum absolute atomic E-state index is 0.0774. The Morgan fingerprint density at radius 1 is 1.00 bits per heavy atom. The van der Waals surface area contributed by atoms with Crippen molar-refractivity contribution in [3.8, 4) is 0 Å². The van der Waals surface area contributed by atoms with Gasteiger partial charge in [-0.15, -0.1) is 0 Å². The quantitative estimate of drug-likeness (QED) is 0.695. The van der Waals surface area contributed by atoms with Gasteiger partial charge in [0.05, 0.1) is 0 Å². The molecule has 4 heteroatoms. The lowest BCUT2D eigenvalue weighted by molar-refractivity contribution is -0.141. The summed E-state index contributed by atoms with van der Waals surface area (Å²) >= 11 is 0. The zero-order valence-corrected chi connectivity index (χ0v) is 7.40. The monoisotopic (exact) mass is 186 g/mol. The van der Waals surface area contributed by atoms with Crippen molar-refractivity contribution in [2.45, 2.75) is 32.1 Å². The lowest BCUT2D eigenvalue weighted by Gasteiger charge is -2.14. The average Bonchev–Trinajstić information content (AvgIpc) is 2.34. The van der Waals surface area contributed by atoms with Crippen LogP contribution >= 0.6 is 0 Å². The molecule has 0 aromatic rings. The molecule has 1 aliphatic rings. The molecule has 0 saturated heterocycles. The van der Waals surface area contributed by atoms with E-state index in [-0.39, 0.29) is 24.7 Å². The van der Waals surface area contributed by atoms with Crippen LogP contribution in [0, 0.1) is 11.8 Å². The van der Waals surface area contributed by atoms with Crippen LogP contribution in [0.4, 0.5) is 0 Å². The number of carboxylic acid groups (broad SMARTS) is 2. The topological polar surface area (TPSA) is 74.6 Å². The summed E-state index contributed by atoms with van der Waals surface area (Å²) in [6.07, 6.45) is 2.94. The highest BCUT2D eigenvalue weighted by Crippen LogP contribution is 2.36. The molecule has 0 aromatic heterocycles. The van der Waals surface area contributed by atoms with Crippen LogP contribution in [0.2, 0.25) is 0 Å². The Labute approximate surface area is 76.6 Å². The third-order valence-corrected chi connectivity index (χ3v) is 2.69. The van der Waals surface area contributed by atoms with Crippen LogP contribution in [0.1, 0.15) is 32.1 Å². The molecule has 1 saturated carbocycles. The van der Waals surface area contributed by atoms with Crippen LogP contribution in [0.5, 0.6) is 0 Å². The number of rotatable bonds is 4. The van der Waals surface area contributed by atoms with Gasteiger partial charge in [-0.05, 0) is 24.7 Å². The Hall–Kier alpha value is -1.06. The summed E-state index contributed by atoms with van der Waals surface area (Å²) in [6, 6.07) is 0. The second kappa shape index (κ2) is 4.25. The standard InChI is InChI=1S/C9H14O4/c10-8(11)4-6-2-1-3-7(6)5-9(12)13/h6-7H,1-5H2,(H,10,11)(H,12,13).